The van der Waals surface area contributed by atoms with Crippen molar-refractivity contribution in [2.24, 2.45) is 0 Å². The molecule has 0 aromatic carbocycles. The van der Waals surface area contributed by atoms with E-state index in [9.17, 15) is 0 Å². The minimum atomic E-state index is -0.0492. The highest BCUT2D eigenvalue weighted by Gasteiger charge is 1.95. The van der Waals surface area contributed by atoms with Crippen LogP contribution in [0.25, 0.3) is 0 Å². The second kappa shape index (κ2) is 2.34. The average Bonchev–Trinajstić information content (AvgIpc) is 1.82. The fourth-order valence-corrected chi connectivity index (χ4v) is 1.03. The minimum Gasteiger partial charge on any atom is -0.425 e. The molecule has 0 aliphatic heterocycles. The van der Waals surface area contributed by atoms with Crippen LogP contribution in [-0.2, 0) is 0 Å². The SMILES string of the molecule is N=c1cc(Br)cc(N)n1O. The second-order valence-electron chi connectivity index (χ2n) is 1.80. The summed E-state index contributed by atoms with van der Waals surface area (Å²) in [5.74, 6) is 0.138. The van der Waals surface area contributed by atoms with Crippen LogP contribution in [-0.4, -0.2) is 9.94 Å². The number of hydrogen-bond donors (Lipinski definition) is 3. The number of aromatic nitrogens is 1. The van der Waals surface area contributed by atoms with Crippen LogP contribution in [0.15, 0.2) is 16.6 Å². The minimum absolute atomic E-state index is 0.0492. The van der Waals surface area contributed by atoms with E-state index >= 15 is 0 Å². The third-order valence-corrected chi connectivity index (χ3v) is 1.49. The number of pyridine rings is 1. The van der Waals surface area contributed by atoms with Gasteiger partial charge in [-0.15, -0.1) is 0 Å². The van der Waals surface area contributed by atoms with Crippen LogP contribution in [0.3, 0.4) is 0 Å². The zero-order chi connectivity index (χ0) is 7.72. The third-order valence-electron chi connectivity index (χ3n) is 1.03. The monoisotopic (exact) mass is 203 g/mol. The van der Waals surface area contributed by atoms with Gasteiger partial charge in [0.1, 0.15) is 5.82 Å². The van der Waals surface area contributed by atoms with Crippen LogP contribution >= 0.6 is 15.9 Å². The fraction of sp³-hybridized carbons (Fsp3) is 0. The molecule has 0 bridgehead atoms. The largest absolute Gasteiger partial charge is 0.425 e. The summed E-state index contributed by atoms with van der Waals surface area (Å²) in [4.78, 5) is 0. The Kier molecular flexibility index (Phi) is 1.67. The van der Waals surface area contributed by atoms with Crippen molar-refractivity contribution in [3.63, 3.8) is 0 Å². The Morgan fingerprint density at radius 1 is 1.60 bits per heavy atom. The summed E-state index contributed by atoms with van der Waals surface area (Å²) >= 11 is 3.12. The summed E-state index contributed by atoms with van der Waals surface area (Å²) < 4.78 is 1.28. The predicted octanol–water partition coefficient (Wildman–Crippen LogP) is 0.550. The molecule has 5 heteroatoms. The normalized spacial score (nSPS) is 9.70. The molecule has 1 aromatic rings. The molecule has 54 valence electrons. The van der Waals surface area contributed by atoms with Gasteiger partial charge in [0.25, 0.3) is 0 Å². The van der Waals surface area contributed by atoms with E-state index in [4.69, 9.17) is 16.4 Å². The molecule has 0 saturated heterocycles. The van der Waals surface area contributed by atoms with Gasteiger partial charge in [-0.25, -0.2) is 0 Å². The Labute approximate surface area is 65.5 Å². The zero-order valence-corrected chi connectivity index (χ0v) is 6.59. The zero-order valence-electron chi connectivity index (χ0n) is 5.00. The highest BCUT2D eigenvalue weighted by atomic mass is 79.9. The highest BCUT2D eigenvalue weighted by molar-refractivity contribution is 9.10. The Balaban J connectivity index is 3.46. The Bertz CT molecular complexity index is 306. The number of hydrogen-bond acceptors (Lipinski definition) is 3. The molecular weight excluding hydrogens is 198 g/mol. The molecule has 0 fully saturated rings. The van der Waals surface area contributed by atoms with Crippen LogP contribution in [0.4, 0.5) is 5.82 Å². The smallest absolute Gasteiger partial charge is 0.164 e. The number of nitrogen functional groups attached to an aromatic ring is 1. The van der Waals surface area contributed by atoms with E-state index in [-0.39, 0.29) is 11.3 Å². The molecule has 0 spiro atoms. The molecule has 1 aromatic heterocycles. The first-order chi connectivity index (χ1) is 4.61. The number of halogens is 1. The lowest BCUT2D eigenvalue weighted by Crippen LogP contribution is -2.19. The van der Waals surface area contributed by atoms with Gasteiger partial charge in [-0.2, -0.15) is 4.73 Å². The quantitative estimate of drug-likeness (QED) is 0.539. The lowest BCUT2D eigenvalue weighted by Gasteiger charge is -2.00. The van der Waals surface area contributed by atoms with Crippen molar-refractivity contribution in [3.8, 4) is 0 Å². The molecule has 0 unspecified atom stereocenters. The summed E-state index contributed by atoms with van der Waals surface area (Å²) in [6.45, 7) is 0. The van der Waals surface area contributed by atoms with Crippen molar-refractivity contribution >= 4 is 21.7 Å². The van der Waals surface area contributed by atoms with Crippen LogP contribution in [0.1, 0.15) is 0 Å². The molecule has 4 N–H and O–H groups in total. The lowest BCUT2D eigenvalue weighted by atomic mass is 10.4. The van der Waals surface area contributed by atoms with Gasteiger partial charge in [0.2, 0.25) is 0 Å². The van der Waals surface area contributed by atoms with E-state index < -0.39 is 0 Å². The van der Waals surface area contributed by atoms with Crippen molar-refractivity contribution in [1.29, 1.82) is 5.41 Å². The van der Waals surface area contributed by atoms with Gasteiger partial charge < -0.3 is 10.9 Å². The molecule has 0 amide bonds. The van der Waals surface area contributed by atoms with Gasteiger partial charge in [0.15, 0.2) is 5.49 Å². The van der Waals surface area contributed by atoms with Gasteiger partial charge in [-0.3, -0.25) is 5.41 Å². The maximum atomic E-state index is 8.91. The number of nitrogens with one attached hydrogen (secondary N) is 1. The highest BCUT2D eigenvalue weighted by Crippen LogP contribution is 2.08. The lowest BCUT2D eigenvalue weighted by molar-refractivity contribution is 0.177. The number of anilines is 1. The molecule has 1 rings (SSSR count). The molecule has 0 radical (unpaired) electrons. The number of rotatable bonds is 0. The maximum Gasteiger partial charge on any atom is 0.164 e. The van der Waals surface area contributed by atoms with Crippen LogP contribution < -0.4 is 11.2 Å². The summed E-state index contributed by atoms with van der Waals surface area (Å²) in [6, 6.07) is 2.95. The van der Waals surface area contributed by atoms with Crippen molar-refractivity contribution < 1.29 is 5.21 Å². The van der Waals surface area contributed by atoms with Gasteiger partial charge in [0.05, 0.1) is 0 Å². The molecule has 0 aliphatic carbocycles. The second-order valence-corrected chi connectivity index (χ2v) is 2.71. The summed E-state index contributed by atoms with van der Waals surface area (Å²) in [5, 5.41) is 16.0. The third kappa shape index (κ3) is 1.13. The van der Waals surface area contributed by atoms with Gasteiger partial charge in [-0.05, 0) is 12.1 Å². The Morgan fingerprint density at radius 3 is 2.70 bits per heavy atom. The summed E-state index contributed by atoms with van der Waals surface area (Å²) in [6.07, 6.45) is 0. The Hall–Kier alpha value is -0.970. The molecule has 10 heavy (non-hydrogen) atoms. The maximum absolute atomic E-state index is 8.91. The van der Waals surface area contributed by atoms with E-state index in [1.165, 1.54) is 12.1 Å². The first-order valence-electron chi connectivity index (χ1n) is 2.53. The molecule has 1 heterocycles. The molecule has 0 atom stereocenters. The van der Waals surface area contributed by atoms with E-state index in [1.807, 2.05) is 0 Å². The first-order valence-corrected chi connectivity index (χ1v) is 3.32. The number of nitrogens with zero attached hydrogens (tertiary/aromatic N) is 1. The van der Waals surface area contributed by atoms with Crippen molar-refractivity contribution in [1.82, 2.24) is 4.73 Å². The molecule has 0 saturated carbocycles. The van der Waals surface area contributed by atoms with Gasteiger partial charge >= 0.3 is 0 Å². The van der Waals surface area contributed by atoms with E-state index in [2.05, 4.69) is 15.9 Å². The van der Waals surface area contributed by atoms with Gasteiger partial charge in [0, 0.05) is 4.47 Å². The molecular formula is C5H6BrN3O. The van der Waals surface area contributed by atoms with E-state index in [1.54, 1.807) is 0 Å². The topological polar surface area (TPSA) is 75.0 Å². The van der Waals surface area contributed by atoms with Crippen LogP contribution in [0, 0.1) is 5.41 Å². The van der Waals surface area contributed by atoms with E-state index in [0.717, 1.165) is 0 Å². The van der Waals surface area contributed by atoms with Crippen molar-refractivity contribution in [2.75, 3.05) is 5.73 Å². The van der Waals surface area contributed by atoms with Crippen molar-refractivity contribution in [2.45, 2.75) is 0 Å². The van der Waals surface area contributed by atoms with E-state index in [0.29, 0.717) is 9.20 Å². The van der Waals surface area contributed by atoms with Crippen LogP contribution in [0.5, 0.6) is 0 Å². The summed E-state index contributed by atoms with van der Waals surface area (Å²) in [7, 11) is 0. The fourth-order valence-electron chi connectivity index (χ4n) is 0.575. The average molecular weight is 204 g/mol. The Morgan fingerprint density at radius 2 is 2.20 bits per heavy atom. The summed E-state index contributed by atoms with van der Waals surface area (Å²) in [5.41, 5.74) is 5.24. The predicted molar refractivity (Wildman–Crippen MR) is 39.6 cm³/mol. The standard InChI is InChI=1S/C5H6BrN3O/c6-3-1-4(7)9(10)5(8)2-3/h1-2,7,10H,8H2. The molecule has 0 aliphatic rings. The first kappa shape index (κ1) is 7.14. The van der Waals surface area contributed by atoms with Crippen molar-refractivity contribution in [3.05, 3.63) is 22.1 Å². The van der Waals surface area contributed by atoms with Gasteiger partial charge in [-0.1, -0.05) is 15.9 Å². The molecule has 4 nitrogen and oxygen atoms in total. The number of nitrogens with two attached hydrogens (primary N) is 1. The van der Waals surface area contributed by atoms with Crippen LogP contribution in [0.2, 0.25) is 0 Å².